The normalized spacial score (nSPS) is 15.1. The van der Waals surface area contributed by atoms with Crippen LogP contribution in [0.5, 0.6) is 0 Å². The van der Waals surface area contributed by atoms with Gasteiger partial charge in [-0.05, 0) is 23.8 Å². The quantitative estimate of drug-likeness (QED) is 0.811. The van der Waals surface area contributed by atoms with Gasteiger partial charge in [0.1, 0.15) is 5.82 Å². The molecule has 144 valence electrons. The van der Waals surface area contributed by atoms with Crippen LogP contribution in [0, 0.1) is 5.82 Å². The van der Waals surface area contributed by atoms with Crippen LogP contribution in [0.3, 0.4) is 0 Å². The summed E-state index contributed by atoms with van der Waals surface area (Å²) in [6, 6.07) is 5.80. The van der Waals surface area contributed by atoms with E-state index in [1.165, 1.54) is 22.9 Å². The Bertz CT molecular complexity index is 834. The standard InChI is InChI=1S/C18H20ClFN4O3/c19-15-11-14(20)2-1-13(15)12-22-7-9-23(10-8-22)17(25)4-6-24-5-3-16(21-24)18(26)27/h1-3,5,11H,4,6-10,12H2,(H,26,27). The maximum absolute atomic E-state index is 13.1. The van der Waals surface area contributed by atoms with Crippen LogP contribution in [0.25, 0.3) is 0 Å². The zero-order chi connectivity index (χ0) is 19.4. The van der Waals surface area contributed by atoms with E-state index in [1.807, 2.05) is 0 Å². The van der Waals surface area contributed by atoms with Gasteiger partial charge in [-0.2, -0.15) is 5.10 Å². The number of aromatic nitrogens is 2. The molecular weight excluding hydrogens is 375 g/mol. The first-order chi connectivity index (χ1) is 12.9. The third-order valence-corrected chi connectivity index (χ3v) is 4.90. The molecule has 7 nitrogen and oxygen atoms in total. The third-order valence-electron chi connectivity index (χ3n) is 4.55. The van der Waals surface area contributed by atoms with E-state index < -0.39 is 5.97 Å². The van der Waals surface area contributed by atoms with Gasteiger partial charge in [-0.1, -0.05) is 17.7 Å². The lowest BCUT2D eigenvalue weighted by Gasteiger charge is -2.35. The number of aromatic carboxylic acids is 1. The molecule has 0 unspecified atom stereocenters. The fourth-order valence-electron chi connectivity index (χ4n) is 3.01. The summed E-state index contributed by atoms with van der Waals surface area (Å²) >= 11 is 6.07. The highest BCUT2D eigenvalue weighted by Crippen LogP contribution is 2.19. The highest BCUT2D eigenvalue weighted by atomic mass is 35.5. The lowest BCUT2D eigenvalue weighted by Crippen LogP contribution is -2.48. The molecule has 27 heavy (non-hydrogen) atoms. The molecule has 0 radical (unpaired) electrons. The average Bonchev–Trinajstić information content (AvgIpc) is 3.12. The van der Waals surface area contributed by atoms with Crippen molar-refractivity contribution in [2.75, 3.05) is 26.2 Å². The minimum Gasteiger partial charge on any atom is -0.476 e. The van der Waals surface area contributed by atoms with E-state index in [-0.39, 0.29) is 23.8 Å². The van der Waals surface area contributed by atoms with Crippen molar-refractivity contribution in [1.29, 1.82) is 0 Å². The molecule has 1 N–H and O–H groups in total. The van der Waals surface area contributed by atoms with E-state index >= 15 is 0 Å². The van der Waals surface area contributed by atoms with Crippen molar-refractivity contribution >= 4 is 23.5 Å². The van der Waals surface area contributed by atoms with E-state index in [0.29, 0.717) is 44.3 Å². The third kappa shape index (κ3) is 5.05. The summed E-state index contributed by atoms with van der Waals surface area (Å²) in [7, 11) is 0. The molecule has 0 atom stereocenters. The zero-order valence-electron chi connectivity index (χ0n) is 14.6. The second-order valence-electron chi connectivity index (χ2n) is 6.41. The van der Waals surface area contributed by atoms with Gasteiger partial charge in [0.05, 0.1) is 0 Å². The molecule has 1 saturated heterocycles. The van der Waals surface area contributed by atoms with Crippen molar-refractivity contribution in [3.63, 3.8) is 0 Å². The second kappa shape index (κ2) is 8.49. The van der Waals surface area contributed by atoms with Gasteiger partial charge in [0.2, 0.25) is 5.91 Å². The number of rotatable bonds is 6. The summed E-state index contributed by atoms with van der Waals surface area (Å²) in [5, 5.41) is 13.2. The smallest absolute Gasteiger partial charge is 0.356 e. The fraction of sp³-hybridized carbons (Fsp3) is 0.389. The lowest BCUT2D eigenvalue weighted by atomic mass is 10.2. The molecule has 2 heterocycles. The largest absolute Gasteiger partial charge is 0.476 e. The molecule has 1 aliphatic rings. The predicted molar refractivity (Wildman–Crippen MR) is 97.1 cm³/mol. The summed E-state index contributed by atoms with van der Waals surface area (Å²) in [4.78, 5) is 27.1. The number of carbonyl (C=O) groups excluding carboxylic acids is 1. The highest BCUT2D eigenvalue weighted by molar-refractivity contribution is 6.31. The van der Waals surface area contributed by atoms with Crippen molar-refractivity contribution < 1.29 is 19.1 Å². The summed E-state index contributed by atoms with van der Waals surface area (Å²) in [6.07, 6.45) is 1.83. The van der Waals surface area contributed by atoms with Gasteiger partial charge in [-0.3, -0.25) is 14.4 Å². The van der Waals surface area contributed by atoms with Crippen molar-refractivity contribution in [2.45, 2.75) is 19.5 Å². The fourth-order valence-corrected chi connectivity index (χ4v) is 3.24. The number of carboxylic acids is 1. The molecule has 9 heteroatoms. The van der Waals surface area contributed by atoms with Crippen LogP contribution in [-0.2, 0) is 17.9 Å². The molecule has 3 rings (SSSR count). The number of piperazine rings is 1. The van der Waals surface area contributed by atoms with E-state index in [4.69, 9.17) is 16.7 Å². The van der Waals surface area contributed by atoms with Gasteiger partial charge < -0.3 is 10.0 Å². The van der Waals surface area contributed by atoms with E-state index in [1.54, 1.807) is 17.2 Å². The highest BCUT2D eigenvalue weighted by Gasteiger charge is 2.21. The number of hydrogen-bond acceptors (Lipinski definition) is 4. The topological polar surface area (TPSA) is 78.7 Å². The molecule has 1 amide bonds. The summed E-state index contributed by atoms with van der Waals surface area (Å²) in [6.45, 7) is 3.60. The Morgan fingerprint density at radius 2 is 1.93 bits per heavy atom. The van der Waals surface area contributed by atoms with E-state index in [2.05, 4.69) is 10.00 Å². The molecular formula is C18H20ClFN4O3. The Labute approximate surface area is 160 Å². The number of carbonyl (C=O) groups is 2. The molecule has 0 spiro atoms. The van der Waals surface area contributed by atoms with Crippen LogP contribution in [0.4, 0.5) is 4.39 Å². The minimum atomic E-state index is -1.09. The second-order valence-corrected chi connectivity index (χ2v) is 6.82. The molecule has 2 aromatic rings. The molecule has 1 aromatic heterocycles. The lowest BCUT2D eigenvalue weighted by molar-refractivity contribution is -0.133. The molecule has 0 bridgehead atoms. The SMILES string of the molecule is O=C(O)c1ccn(CCC(=O)N2CCN(Cc3ccc(F)cc3Cl)CC2)n1. The van der Waals surface area contributed by atoms with E-state index in [9.17, 15) is 14.0 Å². The molecule has 1 fully saturated rings. The van der Waals surface area contributed by atoms with Crippen molar-refractivity contribution in [2.24, 2.45) is 0 Å². The summed E-state index contributed by atoms with van der Waals surface area (Å²) in [5.41, 5.74) is 0.835. The number of halogens is 2. The van der Waals surface area contributed by atoms with Crippen LogP contribution in [-0.4, -0.2) is 62.7 Å². The Morgan fingerprint density at radius 3 is 2.56 bits per heavy atom. The van der Waals surface area contributed by atoms with Crippen LogP contribution in [0.15, 0.2) is 30.5 Å². The van der Waals surface area contributed by atoms with Gasteiger partial charge in [-0.15, -0.1) is 0 Å². The van der Waals surface area contributed by atoms with Crippen molar-refractivity contribution in [3.05, 3.63) is 52.6 Å². The van der Waals surface area contributed by atoms with Gasteiger partial charge in [-0.25, -0.2) is 9.18 Å². The molecule has 1 aromatic carbocycles. The zero-order valence-corrected chi connectivity index (χ0v) is 15.4. The first-order valence-corrected chi connectivity index (χ1v) is 9.01. The number of amides is 1. The van der Waals surface area contributed by atoms with Crippen molar-refractivity contribution in [3.8, 4) is 0 Å². The first-order valence-electron chi connectivity index (χ1n) is 8.63. The first kappa shape index (κ1) is 19.3. The number of carboxylic acid groups (broad SMARTS) is 1. The number of benzene rings is 1. The summed E-state index contributed by atoms with van der Waals surface area (Å²) in [5.74, 6) is -1.42. The maximum atomic E-state index is 13.1. The average molecular weight is 395 g/mol. The monoisotopic (exact) mass is 394 g/mol. The number of aryl methyl sites for hydroxylation is 1. The Kier molecular flexibility index (Phi) is 6.08. The number of nitrogens with zero attached hydrogens (tertiary/aromatic N) is 4. The van der Waals surface area contributed by atoms with Gasteiger partial charge in [0.15, 0.2) is 5.69 Å². The van der Waals surface area contributed by atoms with Crippen LogP contribution in [0.1, 0.15) is 22.5 Å². The van der Waals surface area contributed by atoms with Crippen LogP contribution in [0.2, 0.25) is 5.02 Å². The van der Waals surface area contributed by atoms with Gasteiger partial charge in [0.25, 0.3) is 0 Å². The van der Waals surface area contributed by atoms with Crippen molar-refractivity contribution in [1.82, 2.24) is 19.6 Å². The van der Waals surface area contributed by atoms with Gasteiger partial charge >= 0.3 is 5.97 Å². The Morgan fingerprint density at radius 1 is 1.19 bits per heavy atom. The van der Waals surface area contributed by atoms with Crippen LogP contribution < -0.4 is 0 Å². The van der Waals surface area contributed by atoms with Gasteiger partial charge in [0, 0.05) is 56.9 Å². The minimum absolute atomic E-state index is 0.0156. The Balaban J connectivity index is 1.45. The Hall–Kier alpha value is -2.45. The molecule has 0 saturated carbocycles. The van der Waals surface area contributed by atoms with Crippen LogP contribution >= 0.6 is 11.6 Å². The molecule has 0 aliphatic carbocycles. The summed E-state index contributed by atoms with van der Waals surface area (Å²) < 4.78 is 14.6. The maximum Gasteiger partial charge on any atom is 0.356 e. The number of hydrogen-bond donors (Lipinski definition) is 1. The molecule has 1 aliphatic heterocycles. The van der Waals surface area contributed by atoms with E-state index in [0.717, 1.165) is 5.56 Å². The predicted octanol–water partition coefficient (Wildman–Crippen LogP) is 2.11.